The smallest absolute Gasteiger partial charge is 0.188 e. The average Bonchev–Trinajstić information content (AvgIpc) is 3.20. The van der Waals surface area contributed by atoms with Gasteiger partial charge < -0.3 is 38.2 Å². The van der Waals surface area contributed by atoms with E-state index in [1.807, 2.05) is 24.3 Å². The Bertz CT molecular complexity index is 1980. The van der Waals surface area contributed by atoms with Gasteiger partial charge in [-0.3, -0.25) is 0 Å². The lowest BCUT2D eigenvalue weighted by atomic mass is 10.1. The second-order valence-corrected chi connectivity index (χ2v) is 16.0. The first-order chi connectivity index (χ1) is 25.0. The van der Waals surface area contributed by atoms with Crippen LogP contribution >= 0.6 is 0 Å². The normalized spacial score (nSPS) is 13.4. The zero-order chi connectivity index (χ0) is 35.3. The summed E-state index contributed by atoms with van der Waals surface area (Å²) in [6, 6.07) is 42.3. The number of methoxy groups -OCH3 is 6. The van der Waals surface area contributed by atoms with Crippen LogP contribution in [-0.2, 0) is 0 Å². The van der Waals surface area contributed by atoms with Gasteiger partial charge >= 0.3 is 0 Å². The molecule has 0 amide bonds. The Morgan fingerprint density at radius 1 is 0.314 bits per heavy atom. The van der Waals surface area contributed by atoms with Crippen molar-refractivity contribution in [1.82, 2.24) is 0 Å². The minimum atomic E-state index is -3.14. The van der Waals surface area contributed by atoms with Gasteiger partial charge in [-0.2, -0.15) is 0 Å². The molecule has 0 radical (unpaired) electrons. The van der Waals surface area contributed by atoms with Gasteiger partial charge in [0.15, 0.2) is 8.07 Å². The molecule has 0 N–H and O–H groups in total. The van der Waals surface area contributed by atoms with Gasteiger partial charge in [-0.25, -0.2) is 0 Å². The van der Waals surface area contributed by atoms with E-state index < -0.39 is 8.07 Å². The molecule has 2 aliphatic rings. The molecule has 2 aliphatic heterocycles. The first-order valence-corrected chi connectivity index (χ1v) is 18.6. The topological polar surface area (TPSA) is 61.9 Å². The average molecular weight is 695 g/mol. The lowest BCUT2D eigenvalue weighted by Crippen LogP contribution is -2.79. The molecular formula is C42H38N2O6Si. The van der Waals surface area contributed by atoms with E-state index in [0.29, 0.717) is 0 Å². The van der Waals surface area contributed by atoms with Crippen LogP contribution in [0, 0.1) is 0 Å². The summed E-state index contributed by atoms with van der Waals surface area (Å²) >= 11 is 0. The predicted octanol–water partition coefficient (Wildman–Crippen LogP) is 6.68. The van der Waals surface area contributed by atoms with Crippen LogP contribution in [0.4, 0.5) is 34.1 Å². The van der Waals surface area contributed by atoms with E-state index in [4.69, 9.17) is 28.4 Å². The Morgan fingerprint density at radius 2 is 0.549 bits per heavy atom. The summed E-state index contributed by atoms with van der Waals surface area (Å²) in [6.07, 6.45) is 0. The molecule has 0 atom stereocenters. The van der Waals surface area contributed by atoms with Crippen molar-refractivity contribution in [2.75, 3.05) is 52.5 Å². The summed E-state index contributed by atoms with van der Waals surface area (Å²) < 4.78 is 34.7. The molecule has 256 valence electrons. The van der Waals surface area contributed by atoms with Crippen LogP contribution in [0.25, 0.3) is 0 Å². The van der Waals surface area contributed by atoms with Crippen molar-refractivity contribution < 1.29 is 28.4 Å². The largest absolute Gasteiger partial charge is 0.497 e. The van der Waals surface area contributed by atoms with Gasteiger partial charge in [0, 0.05) is 35.6 Å². The Labute approximate surface area is 298 Å². The maximum atomic E-state index is 5.90. The summed E-state index contributed by atoms with van der Waals surface area (Å²) in [5.74, 6) is 4.64. The van der Waals surface area contributed by atoms with Gasteiger partial charge in [-0.05, 0) is 93.5 Å². The molecule has 0 fully saturated rings. The number of hydrogen-bond acceptors (Lipinski definition) is 8. The van der Waals surface area contributed by atoms with Gasteiger partial charge in [0.25, 0.3) is 0 Å². The molecule has 9 heteroatoms. The molecule has 8 rings (SSSR count). The van der Waals surface area contributed by atoms with Crippen molar-refractivity contribution in [2.45, 2.75) is 0 Å². The number of benzene rings is 6. The van der Waals surface area contributed by atoms with E-state index in [1.165, 1.54) is 20.7 Å². The van der Waals surface area contributed by atoms with Crippen LogP contribution < -0.4 is 59.0 Å². The molecule has 2 heterocycles. The second-order valence-electron chi connectivity index (χ2n) is 12.3. The van der Waals surface area contributed by atoms with Crippen molar-refractivity contribution in [3.05, 3.63) is 121 Å². The zero-order valence-corrected chi connectivity index (χ0v) is 30.4. The minimum Gasteiger partial charge on any atom is -0.497 e. The zero-order valence-electron chi connectivity index (χ0n) is 29.4. The summed E-state index contributed by atoms with van der Waals surface area (Å²) in [5.41, 5.74) is 6.12. The first-order valence-electron chi connectivity index (χ1n) is 16.6. The second kappa shape index (κ2) is 12.7. The van der Waals surface area contributed by atoms with E-state index in [9.17, 15) is 0 Å². The van der Waals surface area contributed by atoms with Gasteiger partial charge in [0.2, 0.25) is 0 Å². The molecule has 6 aromatic rings. The molecule has 0 saturated carbocycles. The highest BCUT2D eigenvalue weighted by molar-refractivity contribution is 7.23. The number of anilines is 6. The summed E-state index contributed by atoms with van der Waals surface area (Å²) in [6.45, 7) is 0. The molecule has 0 bridgehead atoms. The third-order valence-corrected chi connectivity index (χ3v) is 15.0. The number of fused-ring (bicyclic) bond motifs is 8. The van der Waals surface area contributed by atoms with Crippen LogP contribution in [0.15, 0.2) is 121 Å². The maximum absolute atomic E-state index is 5.90. The van der Waals surface area contributed by atoms with Gasteiger partial charge in [-0.1, -0.05) is 24.3 Å². The molecule has 0 saturated heterocycles. The van der Waals surface area contributed by atoms with Crippen LogP contribution in [0.1, 0.15) is 0 Å². The first kappa shape index (κ1) is 32.2. The highest BCUT2D eigenvalue weighted by atomic mass is 28.3. The SMILES string of the molecule is COc1ccc(N2c3cc(OC)ccc3[Si]3(c4ccc(OC)cc42)c2ccc(OC)cc2N(c2ccc(OC)cc2)c2cc(OC)ccc23)cc1. The van der Waals surface area contributed by atoms with Crippen molar-refractivity contribution in [1.29, 1.82) is 0 Å². The molecule has 0 unspecified atom stereocenters. The van der Waals surface area contributed by atoms with Crippen LogP contribution in [0.5, 0.6) is 34.5 Å². The number of nitrogens with zero attached hydrogens (tertiary/aromatic N) is 2. The summed E-state index contributed by atoms with van der Waals surface area (Å²) in [4.78, 5) is 4.63. The molecule has 6 aromatic carbocycles. The Morgan fingerprint density at radius 3 is 0.784 bits per heavy atom. The number of ether oxygens (including phenoxy) is 6. The van der Waals surface area contributed by atoms with Crippen LogP contribution in [0.3, 0.4) is 0 Å². The van der Waals surface area contributed by atoms with Gasteiger partial charge in [0.05, 0.1) is 65.4 Å². The summed E-state index contributed by atoms with van der Waals surface area (Å²) in [5, 5.41) is 4.90. The van der Waals surface area contributed by atoms with Crippen LogP contribution in [-0.4, -0.2) is 50.7 Å². The lowest BCUT2D eigenvalue weighted by Gasteiger charge is -2.50. The van der Waals surface area contributed by atoms with E-state index >= 15 is 0 Å². The highest BCUT2D eigenvalue weighted by Crippen LogP contribution is 2.47. The van der Waals surface area contributed by atoms with E-state index in [2.05, 4.69) is 107 Å². The van der Waals surface area contributed by atoms with Crippen molar-refractivity contribution in [2.24, 2.45) is 0 Å². The fourth-order valence-electron chi connectivity index (χ4n) is 7.71. The molecule has 8 nitrogen and oxygen atoms in total. The van der Waals surface area contributed by atoms with E-state index in [1.54, 1.807) is 42.7 Å². The monoisotopic (exact) mass is 694 g/mol. The van der Waals surface area contributed by atoms with Crippen molar-refractivity contribution in [3.8, 4) is 34.5 Å². The van der Waals surface area contributed by atoms with Crippen molar-refractivity contribution >= 4 is 62.9 Å². The minimum absolute atomic E-state index is 0.767. The Hall–Kier alpha value is -6.06. The van der Waals surface area contributed by atoms with Gasteiger partial charge in [0.1, 0.15) is 34.5 Å². The highest BCUT2D eigenvalue weighted by Gasteiger charge is 2.54. The molecule has 0 aliphatic carbocycles. The van der Waals surface area contributed by atoms with E-state index in [0.717, 1.165) is 68.6 Å². The number of hydrogen-bond donors (Lipinski definition) is 0. The Balaban J connectivity index is 1.53. The standard InChI is InChI=1S/C42H38N2O6Si/c1-45-29-11-7-27(8-12-29)43-35-23-31(47-3)15-19-39(35)51(40-20-16-32(48-4)24-36(40)43)41-21-17-33(49-5)25-37(41)44(28-9-13-30(46-2)14-10-28)38-26-34(50-6)18-22-42(38)51/h7-26H,1-6H3. The maximum Gasteiger partial charge on any atom is 0.188 e. The quantitative estimate of drug-likeness (QED) is 0.163. The predicted molar refractivity (Wildman–Crippen MR) is 206 cm³/mol. The fourth-order valence-corrected chi connectivity index (χ4v) is 13.1. The lowest BCUT2D eigenvalue weighted by molar-refractivity contribution is 0.414. The van der Waals surface area contributed by atoms with Gasteiger partial charge in [-0.15, -0.1) is 0 Å². The Kier molecular flexibility index (Phi) is 7.99. The van der Waals surface area contributed by atoms with Crippen molar-refractivity contribution in [3.63, 3.8) is 0 Å². The molecule has 1 spiro atoms. The third kappa shape index (κ3) is 4.87. The number of rotatable bonds is 8. The van der Waals surface area contributed by atoms with Crippen LogP contribution in [0.2, 0.25) is 0 Å². The summed E-state index contributed by atoms with van der Waals surface area (Å²) in [7, 11) is 7.08. The molecule has 0 aromatic heterocycles. The molecular weight excluding hydrogens is 657 g/mol. The van der Waals surface area contributed by atoms with E-state index in [-0.39, 0.29) is 0 Å². The third-order valence-electron chi connectivity index (χ3n) is 10.1. The fraction of sp³-hybridized carbons (Fsp3) is 0.143. The molecule has 51 heavy (non-hydrogen) atoms.